The van der Waals surface area contributed by atoms with Crippen molar-refractivity contribution in [2.24, 2.45) is 0 Å². The largest absolute Gasteiger partial charge is 0.444 e. The summed E-state index contributed by atoms with van der Waals surface area (Å²) in [5.41, 5.74) is 3.76. The van der Waals surface area contributed by atoms with Gasteiger partial charge in [0.25, 0.3) is 0 Å². The van der Waals surface area contributed by atoms with E-state index < -0.39 is 5.60 Å². The maximum atomic E-state index is 12.0. The minimum Gasteiger partial charge on any atom is -0.444 e. The molecule has 6 heteroatoms. The Balaban J connectivity index is 1.68. The Labute approximate surface area is 126 Å². The molecule has 120 valence electrons. The molecule has 21 heavy (non-hydrogen) atoms. The van der Waals surface area contributed by atoms with Gasteiger partial charge in [0.15, 0.2) is 0 Å². The summed E-state index contributed by atoms with van der Waals surface area (Å²) in [6, 6.07) is 0. The van der Waals surface area contributed by atoms with Gasteiger partial charge in [0, 0.05) is 38.3 Å². The van der Waals surface area contributed by atoms with Gasteiger partial charge in [0.2, 0.25) is 0 Å². The van der Waals surface area contributed by atoms with Gasteiger partial charge in [0.05, 0.1) is 6.10 Å². The van der Waals surface area contributed by atoms with Gasteiger partial charge in [-0.3, -0.25) is 10.3 Å². The van der Waals surface area contributed by atoms with Gasteiger partial charge in [-0.05, 0) is 39.7 Å². The number of amides is 1. The van der Waals surface area contributed by atoms with Gasteiger partial charge in [-0.25, -0.2) is 4.79 Å². The van der Waals surface area contributed by atoms with Gasteiger partial charge in [-0.15, -0.1) is 0 Å². The molecular formula is C15H27N3O3. The van der Waals surface area contributed by atoms with Crippen LogP contribution in [0.25, 0.3) is 0 Å². The molecule has 0 spiro atoms. The first-order valence-electron chi connectivity index (χ1n) is 7.73. The molecule has 2 heterocycles. The van der Waals surface area contributed by atoms with Gasteiger partial charge in [-0.2, -0.15) is 0 Å². The van der Waals surface area contributed by atoms with E-state index in [1.807, 2.05) is 20.8 Å². The van der Waals surface area contributed by atoms with Crippen LogP contribution in [0.15, 0.2) is 11.8 Å². The molecule has 0 aromatic carbocycles. The highest BCUT2D eigenvalue weighted by atomic mass is 16.7. The van der Waals surface area contributed by atoms with Gasteiger partial charge < -0.3 is 15.0 Å². The number of piperidine rings is 1. The van der Waals surface area contributed by atoms with E-state index in [1.165, 1.54) is 0 Å². The van der Waals surface area contributed by atoms with Crippen LogP contribution in [-0.4, -0.2) is 48.9 Å². The van der Waals surface area contributed by atoms with E-state index in [0.717, 1.165) is 38.0 Å². The molecule has 0 radical (unpaired) electrons. The second kappa shape index (κ2) is 7.13. The zero-order valence-electron chi connectivity index (χ0n) is 13.3. The molecule has 0 aromatic rings. The molecule has 0 aromatic heterocycles. The summed E-state index contributed by atoms with van der Waals surface area (Å²) in [5, 5.41) is 3.26. The van der Waals surface area contributed by atoms with Crippen LogP contribution in [0, 0.1) is 0 Å². The molecule has 0 aliphatic carbocycles. The molecule has 2 rings (SSSR count). The quantitative estimate of drug-likeness (QED) is 0.778. The van der Waals surface area contributed by atoms with Crippen LogP contribution in [0.1, 0.15) is 40.0 Å². The number of ether oxygens (including phenoxy) is 1. The molecule has 6 nitrogen and oxygen atoms in total. The maximum Gasteiger partial charge on any atom is 0.410 e. The van der Waals surface area contributed by atoms with Crippen molar-refractivity contribution in [1.29, 1.82) is 0 Å². The number of nitrogens with zero attached hydrogens (tertiary/aromatic N) is 1. The van der Waals surface area contributed by atoms with E-state index in [9.17, 15) is 4.79 Å². The third kappa shape index (κ3) is 5.55. The van der Waals surface area contributed by atoms with Crippen LogP contribution >= 0.6 is 0 Å². The Kier molecular flexibility index (Phi) is 5.47. The van der Waals surface area contributed by atoms with Crippen LogP contribution in [0.2, 0.25) is 0 Å². The van der Waals surface area contributed by atoms with Crippen molar-refractivity contribution in [1.82, 2.24) is 15.7 Å². The molecule has 1 amide bonds. The minimum atomic E-state index is -0.437. The van der Waals surface area contributed by atoms with Crippen molar-refractivity contribution in [2.45, 2.75) is 51.7 Å². The number of likely N-dealkylation sites (tertiary alicyclic amines) is 1. The second-order valence-electron chi connectivity index (χ2n) is 6.57. The zero-order valence-corrected chi connectivity index (χ0v) is 13.3. The topological polar surface area (TPSA) is 62.8 Å². The number of hydrogen-bond donors (Lipinski definition) is 2. The predicted octanol–water partition coefficient (Wildman–Crippen LogP) is 1.78. The SMILES string of the molecule is CC(C)(C)OC(=O)N1CCC(ONC2=CCNCC2)CC1. The normalized spacial score (nSPS) is 20.9. The van der Waals surface area contributed by atoms with Crippen molar-refractivity contribution in [3.8, 4) is 0 Å². The van der Waals surface area contributed by atoms with Crippen molar-refractivity contribution < 1.29 is 14.4 Å². The monoisotopic (exact) mass is 297 g/mol. The Morgan fingerprint density at radius 2 is 2.10 bits per heavy atom. The Bertz CT molecular complexity index is 382. The van der Waals surface area contributed by atoms with Gasteiger partial charge in [0.1, 0.15) is 5.60 Å². The summed E-state index contributed by atoms with van der Waals surface area (Å²) in [6.45, 7) is 8.90. The predicted molar refractivity (Wildman–Crippen MR) is 80.6 cm³/mol. The van der Waals surface area contributed by atoms with Crippen LogP contribution in [0.3, 0.4) is 0 Å². The Hall–Kier alpha value is -1.27. The molecule has 2 aliphatic heterocycles. The zero-order chi connectivity index (χ0) is 15.3. The summed E-state index contributed by atoms with van der Waals surface area (Å²) >= 11 is 0. The third-order valence-electron chi connectivity index (χ3n) is 3.51. The Morgan fingerprint density at radius 3 is 2.67 bits per heavy atom. The number of rotatable bonds is 3. The number of carbonyl (C=O) groups excluding carboxylic acids is 1. The molecule has 0 bridgehead atoms. The minimum absolute atomic E-state index is 0.152. The van der Waals surface area contributed by atoms with E-state index >= 15 is 0 Å². The summed E-state index contributed by atoms with van der Waals surface area (Å²) < 4.78 is 5.38. The standard InChI is InChI=1S/C15H27N3O3/c1-15(2,3)20-14(19)18-10-6-13(7-11-18)21-17-12-4-8-16-9-5-12/h4,13,16-17H,5-11H2,1-3H3. The van der Waals surface area contributed by atoms with E-state index in [1.54, 1.807) is 4.90 Å². The van der Waals surface area contributed by atoms with Crippen LogP contribution in [-0.2, 0) is 9.57 Å². The molecule has 0 unspecified atom stereocenters. The maximum absolute atomic E-state index is 12.0. The van der Waals surface area contributed by atoms with E-state index in [4.69, 9.17) is 9.57 Å². The van der Waals surface area contributed by atoms with Gasteiger partial charge >= 0.3 is 6.09 Å². The van der Waals surface area contributed by atoms with E-state index in [-0.39, 0.29) is 12.2 Å². The lowest BCUT2D eigenvalue weighted by Crippen LogP contribution is -2.44. The molecule has 1 fully saturated rings. The lowest BCUT2D eigenvalue weighted by Gasteiger charge is -2.33. The van der Waals surface area contributed by atoms with E-state index in [0.29, 0.717) is 13.1 Å². The number of nitrogens with one attached hydrogen (secondary N) is 2. The molecule has 0 saturated carbocycles. The van der Waals surface area contributed by atoms with Crippen LogP contribution in [0.4, 0.5) is 4.79 Å². The highest BCUT2D eigenvalue weighted by Gasteiger charge is 2.27. The van der Waals surface area contributed by atoms with Crippen molar-refractivity contribution in [3.63, 3.8) is 0 Å². The molecule has 1 saturated heterocycles. The Morgan fingerprint density at radius 1 is 1.38 bits per heavy atom. The molecular weight excluding hydrogens is 270 g/mol. The van der Waals surface area contributed by atoms with Crippen LogP contribution < -0.4 is 10.8 Å². The fraction of sp³-hybridized carbons (Fsp3) is 0.800. The summed E-state index contributed by atoms with van der Waals surface area (Å²) in [4.78, 5) is 19.4. The molecule has 2 aliphatic rings. The lowest BCUT2D eigenvalue weighted by molar-refractivity contribution is -0.0458. The second-order valence-corrected chi connectivity index (χ2v) is 6.57. The highest BCUT2D eigenvalue weighted by molar-refractivity contribution is 5.68. The average molecular weight is 297 g/mol. The summed E-state index contributed by atoms with van der Waals surface area (Å²) in [6.07, 6.45) is 4.67. The molecule has 2 N–H and O–H groups in total. The fourth-order valence-corrected chi connectivity index (χ4v) is 2.36. The summed E-state index contributed by atoms with van der Waals surface area (Å²) in [5.74, 6) is 0. The van der Waals surface area contributed by atoms with Gasteiger partial charge in [-0.1, -0.05) is 0 Å². The van der Waals surface area contributed by atoms with E-state index in [2.05, 4.69) is 16.9 Å². The number of hydrogen-bond acceptors (Lipinski definition) is 5. The first-order valence-corrected chi connectivity index (χ1v) is 7.73. The first-order chi connectivity index (χ1) is 9.94. The third-order valence-corrected chi connectivity index (χ3v) is 3.51. The van der Waals surface area contributed by atoms with Crippen molar-refractivity contribution >= 4 is 6.09 Å². The number of carbonyl (C=O) groups is 1. The smallest absolute Gasteiger partial charge is 0.410 e. The number of hydroxylamine groups is 1. The lowest BCUT2D eigenvalue weighted by atomic mass is 10.1. The fourth-order valence-electron chi connectivity index (χ4n) is 2.36. The molecule has 0 atom stereocenters. The first kappa shape index (κ1) is 16.1. The van der Waals surface area contributed by atoms with Crippen molar-refractivity contribution in [3.05, 3.63) is 11.8 Å². The van der Waals surface area contributed by atoms with Crippen LogP contribution in [0.5, 0.6) is 0 Å². The highest BCUT2D eigenvalue weighted by Crippen LogP contribution is 2.17. The average Bonchev–Trinajstić information content (AvgIpc) is 2.45. The van der Waals surface area contributed by atoms with Crippen molar-refractivity contribution in [2.75, 3.05) is 26.2 Å². The summed E-state index contributed by atoms with van der Waals surface area (Å²) in [7, 11) is 0.